The third-order valence-corrected chi connectivity index (χ3v) is 4.33. The van der Waals surface area contributed by atoms with Gasteiger partial charge in [0.2, 0.25) is 0 Å². The first-order valence-corrected chi connectivity index (χ1v) is 8.87. The lowest BCUT2D eigenvalue weighted by atomic mass is 10.1. The van der Waals surface area contributed by atoms with Crippen LogP contribution in [0.2, 0.25) is 5.02 Å². The maximum absolute atomic E-state index is 11.7. The van der Waals surface area contributed by atoms with Crippen LogP contribution in [-0.2, 0) is 16.1 Å². The van der Waals surface area contributed by atoms with E-state index in [2.05, 4.69) is 20.9 Å². The second-order valence-corrected chi connectivity index (χ2v) is 6.83. The second kappa shape index (κ2) is 7.93. The summed E-state index contributed by atoms with van der Waals surface area (Å²) in [5.41, 5.74) is 1.86. The van der Waals surface area contributed by atoms with Crippen molar-refractivity contribution in [2.45, 2.75) is 13.5 Å². The highest BCUT2D eigenvalue weighted by molar-refractivity contribution is 9.10. The Balaban J connectivity index is 1.86. The largest absolute Gasteiger partial charge is 0.493 e. The lowest BCUT2D eigenvalue weighted by molar-refractivity contribution is -0.130. The van der Waals surface area contributed by atoms with Gasteiger partial charge in [0.15, 0.2) is 23.1 Å². The van der Waals surface area contributed by atoms with Gasteiger partial charge >= 0.3 is 5.97 Å². The van der Waals surface area contributed by atoms with Gasteiger partial charge in [0.1, 0.15) is 6.61 Å². The molecule has 0 fully saturated rings. The van der Waals surface area contributed by atoms with Gasteiger partial charge in [-0.15, -0.1) is 0 Å². The highest BCUT2D eigenvalue weighted by Gasteiger charge is 2.20. The molecule has 1 heterocycles. The van der Waals surface area contributed by atoms with Crippen molar-refractivity contribution >= 4 is 45.5 Å². The van der Waals surface area contributed by atoms with E-state index in [1.165, 1.54) is 7.11 Å². The summed E-state index contributed by atoms with van der Waals surface area (Å²) in [7, 11) is 1.53. The summed E-state index contributed by atoms with van der Waals surface area (Å²) in [5.74, 6) is 0.720. The van der Waals surface area contributed by atoms with E-state index in [1.807, 2.05) is 24.3 Å². The molecule has 0 aliphatic carbocycles. The van der Waals surface area contributed by atoms with Gasteiger partial charge in [0.05, 0.1) is 12.1 Å². The number of cyclic esters (lactones) is 1. The fourth-order valence-corrected chi connectivity index (χ4v) is 3.14. The molecule has 0 aromatic heterocycles. The first-order chi connectivity index (χ1) is 12.5. The number of halogens is 2. The Hall–Kier alpha value is -2.31. The predicted octanol–water partition coefficient (Wildman–Crippen LogP) is 5.01. The molecule has 0 N–H and O–H groups in total. The molecule has 0 saturated carbocycles. The Morgan fingerprint density at radius 3 is 2.77 bits per heavy atom. The van der Waals surface area contributed by atoms with E-state index in [4.69, 9.17) is 25.8 Å². The van der Waals surface area contributed by atoms with Crippen LogP contribution in [0.15, 0.2) is 51.6 Å². The van der Waals surface area contributed by atoms with Crippen LogP contribution in [0.4, 0.5) is 0 Å². The molecular formula is C19H15BrClNO4. The van der Waals surface area contributed by atoms with Crippen molar-refractivity contribution < 1.29 is 19.0 Å². The van der Waals surface area contributed by atoms with Gasteiger partial charge in [-0.05, 0) is 41.5 Å². The van der Waals surface area contributed by atoms with Gasteiger partial charge < -0.3 is 14.2 Å². The topological polar surface area (TPSA) is 57.1 Å². The van der Waals surface area contributed by atoms with E-state index in [9.17, 15) is 4.79 Å². The van der Waals surface area contributed by atoms with E-state index in [-0.39, 0.29) is 5.70 Å². The second-order valence-electron chi connectivity index (χ2n) is 5.50. The van der Waals surface area contributed by atoms with Crippen molar-refractivity contribution in [1.82, 2.24) is 0 Å². The molecule has 0 saturated heterocycles. The molecule has 2 aromatic carbocycles. The SMILES string of the molecule is COc1cc(/C=C2\N=C(C)OC2=O)cc(Cl)c1OCc1cccc(Br)c1. The molecule has 0 unspecified atom stereocenters. The van der Waals surface area contributed by atoms with Crippen molar-refractivity contribution in [3.05, 3.63) is 62.7 Å². The number of esters is 1. The molecule has 0 bridgehead atoms. The molecular weight excluding hydrogens is 422 g/mol. The van der Waals surface area contributed by atoms with Crippen LogP contribution in [-0.4, -0.2) is 19.0 Å². The van der Waals surface area contributed by atoms with Gasteiger partial charge in [-0.3, -0.25) is 0 Å². The number of ether oxygens (including phenoxy) is 3. The minimum Gasteiger partial charge on any atom is -0.493 e. The number of hydrogen-bond acceptors (Lipinski definition) is 5. The van der Waals surface area contributed by atoms with E-state index >= 15 is 0 Å². The maximum Gasteiger partial charge on any atom is 0.363 e. The summed E-state index contributed by atoms with van der Waals surface area (Å²) in [6.45, 7) is 1.96. The first-order valence-electron chi connectivity index (χ1n) is 7.70. The van der Waals surface area contributed by atoms with E-state index in [0.29, 0.717) is 34.6 Å². The van der Waals surface area contributed by atoms with Gasteiger partial charge in [-0.2, -0.15) is 0 Å². The standard InChI is InChI=1S/C19H15BrClNO4/c1-11-22-16(19(23)26-11)8-13-7-15(21)18(17(9-13)24-2)25-10-12-4-3-5-14(20)6-12/h3-9H,10H2,1-2H3/b16-8-. The van der Waals surface area contributed by atoms with E-state index in [1.54, 1.807) is 25.1 Å². The lowest BCUT2D eigenvalue weighted by Gasteiger charge is -2.13. The number of nitrogens with zero attached hydrogens (tertiary/aromatic N) is 1. The zero-order valence-electron chi connectivity index (χ0n) is 14.1. The fourth-order valence-electron chi connectivity index (χ4n) is 2.42. The number of carbonyl (C=O) groups excluding carboxylic acids is 1. The number of rotatable bonds is 5. The molecule has 1 aliphatic rings. The van der Waals surface area contributed by atoms with Crippen molar-refractivity contribution in [2.24, 2.45) is 4.99 Å². The summed E-state index contributed by atoms with van der Waals surface area (Å²) in [5, 5.41) is 0.373. The fraction of sp³-hybridized carbons (Fsp3) is 0.158. The summed E-state index contributed by atoms with van der Waals surface area (Å²) >= 11 is 9.80. The molecule has 0 radical (unpaired) electrons. The average Bonchev–Trinajstić information content (AvgIpc) is 2.90. The number of hydrogen-bond donors (Lipinski definition) is 0. The molecule has 26 heavy (non-hydrogen) atoms. The molecule has 0 atom stereocenters. The van der Waals surface area contributed by atoms with Crippen LogP contribution in [0.25, 0.3) is 6.08 Å². The summed E-state index contributed by atoms with van der Waals surface area (Å²) in [6, 6.07) is 11.2. The average molecular weight is 437 g/mol. The maximum atomic E-state index is 11.7. The zero-order valence-corrected chi connectivity index (χ0v) is 16.4. The van der Waals surface area contributed by atoms with Crippen LogP contribution < -0.4 is 9.47 Å². The van der Waals surface area contributed by atoms with Gasteiger partial charge in [0.25, 0.3) is 0 Å². The Bertz CT molecular complexity index is 924. The Kier molecular flexibility index (Phi) is 5.64. The van der Waals surface area contributed by atoms with Gasteiger partial charge in [0, 0.05) is 11.4 Å². The minimum atomic E-state index is -0.493. The smallest absolute Gasteiger partial charge is 0.363 e. The number of methoxy groups -OCH3 is 1. The highest BCUT2D eigenvalue weighted by atomic mass is 79.9. The van der Waals surface area contributed by atoms with Crippen LogP contribution in [0.1, 0.15) is 18.1 Å². The Morgan fingerprint density at radius 1 is 1.31 bits per heavy atom. The van der Waals surface area contributed by atoms with Crippen molar-refractivity contribution in [3.63, 3.8) is 0 Å². The predicted molar refractivity (Wildman–Crippen MR) is 104 cm³/mol. The van der Waals surface area contributed by atoms with Crippen LogP contribution in [0.5, 0.6) is 11.5 Å². The normalized spacial score (nSPS) is 15.0. The molecule has 1 aliphatic heterocycles. The summed E-state index contributed by atoms with van der Waals surface area (Å²) in [4.78, 5) is 15.7. The molecule has 3 rings (SSSR count). The van der Waals surface area contributed by atoms with Crippen molar-refractivity contribution in [1.29, 1.82) is 0 Å². The van der Waals surface area contributed by atoms with Gasteiger partial charge in [-0.1, -0.05) is 39.7 Å². The zero-order chi connectivity index (χ0) is 18.7. The Morgan fingerprint density at radius 2 is 2.12 bits per heavy atom. The molecule has 0 amide bonds. The summed E-state index contributed by atoms with van der Waals surface area (Å²) < 4.78 is 17.1. The third-order valence-electron chi connectivity index (χ3n) is 3.55. The third kappa shape index (κ3) is 4.26. The van der Waals surface area contributed by atoms with Crippen LogP contribution in [0, 0.1) is 0 Å². The highest BCUT2D eigenvalue weighted by Crippen LogP contribution is 2.37. The van der Waals surface area contributed by atoms with Crippen molar-refractivity contribution in [2.75, 3.05) is 7.11 Å². The molecule has 2 aromatic rings. The quantitative estimate of drug-likeness (QED) is 0.488. The minimum absolute atomic E-state index is 0.212. The van der Waals surface area contributed by atoms with Crippen molar-refractivity contribution in [3.8, 4) is 11.5 Å². The molecule has 134 valence electrons. The van der Waals surface area contributed by atoms with Gasteiger partial charge in [-0.25, -0.2) is 9.79 Å². The Labute approximate surface area is 164 Å². The van der Waals surface area contributed by atoms with Crippen LogP contribution in [0.3, 0.4) is 0 Å². The number of aliphatic imine (C=N–C) groups is 1. The van der Waals surface area contributed by atoms with E-state index < -0.39 is 5.97 Å². The molecule has 5 nitrogen and oxygen atoms in total. The van der Waals surface area contributed by atoms with Crippen LogP contribution >= 0.6 is 27.5 Å². The monoisotopic (exact) mass is 435 g/mol. The number of carbonyl (C=O) groups is 1. The first kappa shape index (κ1) is 18.5. The molecule has 0 spiro atoms. The lowest BCUT2D eigenvalue weighted by Crippen LogP contribution is -2.00. The summed E-state index contributed by atoms with van der Waals surface area (Å²) in [6.07, 6.45) is 1.59. The van der Waals surface area contributed by atoms with E-state index in [0.717, 1.165) is 10.0 Å². The number of benzene rings is 2. The molecule has 7 heteroatoms.